The zero-order valence-electron chi connectivity index (χ0n) is 11.7. The molecule has 3 nitrogen and oxygen atoms in total. The molecule has 0 aliphatic rings. The molecule has 0 fully saturated rings. The SMILES string of the molecule is O=C(c1ccccc1)[C@@H](Cl)c1ncc(-c2ccccc2)cn1. The monoisotopic (exact) mass is 308 g/mol. The van der Waals surface area contributed by atoms with Gasteiger partial charge >= 0.3 is 0 Å². The topological polar surface area (TPSA) is 42.9 Å². The van der Waals surface area contributed by atoms with Gasteiger partial charge < -0.3 is 0 Å². The van der Waals surface area contributed by atoms with E-state index in [0.29, 0.717) is 11.4 Å². The number of Topliss-reactive ketones (excluding diaryl/α,β-unsaturated/α-hetero) is 1. The van der Waals surface area contributed by atoms with Crippen LogP contribution in [0.1, 0.15) is 21.6 Å². The van der Waals surface area contributed by atoms with E-state index in [1.807, 2.05) is 36.4 Å². The number of ketones is 1. The fourth-order valence-electron chi connectivity index (χ4n) is 2.11. The summed E-state index contributed by atoms with van der Waals surface area (Å²) in [5, 5.41) is -0.882. The van der Waals surface area contributed by atoms with E-state index in [2.05, 4.69) is 9.97 Å². The van der Waals surface area contributed by atoms with Crippen LogP contribution in [0.2, 0.25) is 0 Å². The van der Waals surface area contributed by atoms with Crippen LogP contribution in [-0.4, -0.2) is 15.8 Å². The molecular formula is C18H13ClN2O. The second kappa shape index (κ2) is 6.50. The first-order chi connectivity index (χ1) is 10.8. The largest absolute Gasteiger partial charge is 0.292 e. The maximum Gasteiger partial charge on any atom is 0.188 e. The lowest BCUT2D eigenvalue weighted by atomic mass is 10.1. The van der Waals surface area contributed by atoms with Gasteiger partial charge in [0.25, 0.3) is 0 Å². The lowest BCUT2D eigenvalue weighted by Gasteiger charge is -2.08. The number of hydrogen-bond acceptors (Lipinski definition) is 3. The Morgan fingerprint density at radius 2 is 1.36 bits per heavy atom. The summed E-state index contributed by atoms with van der Waals surface area (Å²) in [7, 11) is 0. The van der Waals surface area contributed by atoms with Crippen molar-refractivity contribution in [3.8, 4) is 11.1 Å². The Morgan fingerprint density at radius 3 is 1.95 bits per heavy atom. The highest BCUT2D eigenvalue weighted by atomic mass is 35.5. The zero-order chi connectivity index (χ0) is 15.4. The third kappa shape index (κ3) is 3.05. The second-order valence-electron chi connectivity index (χ2n) is 4.79. The van der Waals surface area contributed by atoms with Crippen molar-refractivity contribution < 1.29 is 4.79 Å². The van der Waals surface area contributed by atoms with Gasteiger partial charge in [0, 0.05) is 23.5 Å². The fourth-order valence-corrected chi connectivity index (χ4v) is 2.35. The Hall–Kier alpha value is -2.52. The molecule has 1 aromatic heterocycles. The van der Waals surface area contributed by atoms with E-state index >= 15 is 0 Å². The van der Waals surface area contributed by atoms with E-state index in [9.17, 15) is 4.79 Å². The molecule has 2 aromatic carbocycles. The summed E-state index contributed by atoms with van der Waals surface area (Å²) in [5.41, 5.74) is 2.47. The first kappa shape index (κ1) is 14.4. The number of rotatable bonds is 4. The molecule has 0 N–H and O–H groups in total. The Morgan fingerprint density at radius 1 is 0.818 bits per heavy atom. The summed E-state index contributed by atoms with van der Waals surface area (Å²) in [6.07, 6.45) is 3.37. The second-order valence-corrected chi connectivity index (χ2v) is 5.23. The van der Waals surface area contributed by atoms with Gasteiger partial charge in [0.1, 0.15) is 0 Å². The maximum atomic E-state index is 12.3. The smallest absolute Gasteiger partial charge is 0.188 e. The van der Waals surface area contributed by atoms with Crippen LogP contribution in [0.5, 0.6) is 0 Å². The summed E-state index contributed by atoms with van der Waals surface area (Å²) in [6.45, 7) is 0. The van der Waals surface area contributed by atoms with Crippen LogP contribution in [0.3, 0.4) is 0 Å². The molecule has 0 aliphatic heterocycles. The number of alkyl halides is 1. The summed E-state index contributed by atoms with van der Waals surface area (Å²) in [5.74, 6) is 0.116. The molecule has 0 aliphatic carbocycles. The molecule has 0 spiro atoms. The van der Waals surface area contributed by atoms with Crippen molar-refractivity contribution >= 4 is 17.4 Å². The first-order valence-electron chi connectivity index (χ1n) is 6.86. The highest BCUT2D eigenvalue weighted by Crippen LogP contribution is 2.23. The molecule has 0 unspecified atom stereocenters. The predicted octanol–water partition coefficient (Wildman–Crippen LogP) is 4.31. The van der Waals surface area contributed by atoms with Crippen LogP contribution < -0.4 is 0 Å². The Balaban J connectivity index is 1.82. The first-order valence-corrected chi connectivity index (χ1v) is 7.30. The third-order valence-corrected chi connectivity index (χ3v) is 3.69. The summed E-state index contributed by atoms with van der Waals surface area (Å²) in [4.78, 5) is 20.8. The maximum absolute atomic E-state index is 12.3. The van der Waals surface area contributed by atoms with Crippen molar-refractivity contribution in [1.29, 1.82) is 0 Å². The number of halogens is 1. The molecule has 0 saturated carbocycles. The number of hydrogen-bond donors (Lipinski definition) is 0. The van der Waals surface area contributed by atoms with Crippen molar-refractivity contribution in [3.05, 3.63) is 84.4 Å². The molecule has 1 atom stereocenters. The van der Waals surface area contributed by atoms with Crippen LogP contribution in [0.25, 0.3) is 11.1 Å². The molecule has 1 heterocycles. The van der Waals surface area contributed by atoms with Gasteiger partial charge in [-0.25, -0.2) is 9.97 Å². The van der Waals surface area contributed by atoms with E-state index in [1.54, 1.807) is 36.7 Å². The van der Waals surface area contributed by atoms with E-state index in [4.69, 9.17) is 11.6 Å². The van der Waals surface area contributed by atoms with Gasteiger partial charge in [0.2, 0.25) is 0 Å². The molecule has 0 amide bonds. The molecule has 0 saturated heterocycles. The normalized spacial score (nSPS) is 11.9. The van der Waals surface area contributed by atoms with E-state index in [0.717, 1.165) is 11.1 Å². The highest BCUT2D eigenvalue weighted by Gasteiger charge is 2.21. The molecule has 4 heteroatoms. The quantitative estimate of drug-likeness (QED) is 0.533. The fraction of sp³-hybridized carbons (Fsp3) is 0.0556. The van der Waals surface area contributed by atoms with Crippen LogP contribution in [0.15, 0.2) is 73.1 Å². The summed E-state index contributed by atoms with van der Waals surface area (Å²) in [6, 6.07) is 18.7. The van der Waals surface area contributed by atoms with Crippen LogP contribution in [-0.2, 0) is 0 Å². The van der Waals surface area contributed by atoms with Gasteiger partial charge in [-0.2, -0.15) is 0 Å². The van der Waals surface area contributed by atoms with Gasteiger partial charge in [-0.05, 0) is 5.56 Å². The van der Waals surface area contributed by atoms with Gasteiger partial charge in [-0.15, -0.1) is 11.6 Å². The van der Waals surface area contributed by atoms with Crippen molar-refractivity contribution in [3.63, 3.8) is 0 Å². The predicted molar refractivity (Wildman–Crippen MR) is 86.8 cm³/mol. The number of nitrogens with zero attached hydrogens (tertiary/aromatic N) is 2. The summed E-state index contributed by atoms with van der Waals surface area (Å²) >= 11 is 6.22. The molecular weight excluding hydrogens is 296 g/mol. The number of carbonyl (C=O) groups excluding carboxylic acids is 1. The molecule has 3 aromatic rings. The van der Waals surface area contributed by atoms with Gasteiger partial charge in [-0.3, -0.25) is 4.79 Å². The lowest BCUT2D eigenvalue weighted by Crippen LogP contribution is -2.10. The molecule has 22 heavy (non-hydrogen) atoms. The number of benzene rings is 2. The lowest BCUT2D eigenvalue weighted by molar-refractivity contribution is 0.0984. The number of aromatic nitrogens is 2. The average molecular weight is 309 g/mol. The Labute approximate surface area is 133 Å². The summed E-state index contributed by atoms with van der Waals surface area (Å²) < 4.78 is 0. The van der Waals surface area contributed by atoms with E-state index in [-0.39, 0.29) is 5.78 Å². The van der Waals surface area contributed by atoms with Crippen molar-refractivity contribution in [2.45, 2.75) is 5.38 Å². The van der Waals surface area contributed by atoms with Crippen LogP contribution >= 0.6 is 11.6 Å². The van der Waals surface area contributed by atoms with Crippen molar-refractivity contribution in [2.75, 3.05) is 0 Å². The molecule has 0 radical (unpaired) electrons. The van der Waals surface area contributed by atoms with Crippen LogP contribution in [0, 0.1) is 0 Å². The molecule has 108 valence electrons. The molecule has 3 rings (SSSR count). The average Bonchev–Trinajstić information content (AvgIpc) is 2.62. The van der Waals surface area contributed by atoms with E-state index in [1.165, 1.54) is 0 Å². The van der Waals surface area contributed by atoms with Gasteiger partial charge in [0.15, 0.2) is 17.0 Å². The minimum Gasteiger partial charge on any atom is -0.292 e. The van der Waals surface area contributed by atoms with E-state index < -0.39 is 5.38 Å². The zero-order valence-corrected chi connectivity index (χ0v) is 12.4. The highest BCUT2D eigenvalue weighted by molar-refractivity contribution is 6.33. The van der Waals surface area contributed by atoms with Crippen molar-refractivity contribution in [1.82, 2.24) is 9.97 Å². The van der Waals surface area contributed by atoms with Gasteiger partial charge in [0.05, 0.1) is 0 Å². The third-order valence-electron chi connectivity index (χ3n) is 3.29. The molecule has 0 bridgehead atoms. The number of carbonyl (C=O) groups is 1. The minimum atomic E-state index is -0.882. The Bertz CT molecular complexity index is 758. The minimum absolute atomic E-state index is 0.199. The Kier molecular flexibility index (Phi) is 4.26. The van der Waals surface area contributed by atoms with Gasteiger partial charge in [-0.1, -0.05) is 60.7 Å². The van der Waals surface area contributed by atoms with Crippen LogP contribution in [0.4, 0.5) is 0 Å². The standard InChI is InChI=1S/C18H13ClN2O/c19-16(17(22)14-9-5-2-6-10-14)18-20-11-15(12-21-18)13-7-3-1-4-8-13/h1-12,16H/t16-/m1/s1. The van der Waals surface area contributed by atoms with Crippen molar-refractivity contribution in [2.24, 2.45) is 0 Å².